The molecule has 2 amide bonds. The maximum Gasteiger partial charge on any atom is 0.259 e. The summed E-state index contributed by atoms with van der Waals surface area (Å²) in [6.07, 6.45) is 0. The van der Waals surface area contributed by atoms with Crippen LogP contribution in [0.4, 0.5) is 4.39 Å². The fraction of sp³-hybridized carbons (Fsp3) is 0.118. The Balaban J connectivity index is 1.86. The molecule has 0 aromatic heterocycles. The Morgan fingerprint density at radius 3 is 2.50 bits per heavy atom. The summed E-state index contributed by atoms with van der Waals surface area (Å²) in [6, 6.07) is 12.7. The lowest BCUT2D eigenvalue weighted by molar-refractivity contribution is -0.120. The number of halogens is 2. The molecule has 2 aromatic rings. The van der Waals surface area contributed by atoms with Crippen molar-refractivity contribution in [2.75, 3.05) is 6.54 Å². The van der Waals surface area contributed by atoms with Crippen LogP contribution in [0.15, 0.2) is 58.1 Å². The molecule has 0 spiro atoms. The average molecular weight is 392 g/mol. The Bertz CT molecular complexity index is 776. The fourth-order valence-electron chi connectivity index (χ4n) is 1.83. The number of benzene rings is 2. The number of amides is 2. The van der Waals surface area contributed by atoms with Crippen molar-refractivity contribution in [2.24, 2.45) is 5.10 Å². The largest absolute Gasteiger partial charge is 0.343 e. The molecule has 0 aliphatic carbocycles. The number of hydrazone groups is 1. The van der Waals surface area contributed by atoms with Crippen molar-refractivity contribution in [3.8, 4) is 0 Å². The van der Waals surface area contributed by atoms with Gasteiger partial charge in [-0.25, -0.2) is 9.82 Å². The summed E-state index contributed by atoms with van der Waals surface area (Å²) in [5.41, 5.74) is 4.01. The van der Waals surface area contributed by atoms with Gasteiger partial charge in [0.15, 0.2) is 0 Å². The highest BCUT2D eigenvalue weighted by atomic mass is 79.9. The van der Waals surface area contributed by atoms with Crippen molar-refractivity contribution in [3.63, 3.8) is 0 Å². The second-order valence-electron chi connectivity index (χ2n) is 4.93. The maximum atomic E-state index is 13.0. The summed E-state index contributed by atoms with van der Waals surface area (Å²) in [5, 5.41) is 6.38. The van der Waals surface area contributed by atoms with Gasteiger partial charge in [-0.3, -0.25) is 9.59 Å². The number of carbonyl (C=O) groups is 2. The molecule has 0 aliphatic rings. The predicted octanol–water partition coefficient (Wildman–Crippen LogP) is 2.86. The Morgan fingerprint density at radius 1 is 1.12 bits per heavy atom. The highest BCUT2D eigenvalue weighted by Crippen LogP contribution is 2.11. The van der Waals surface area contributed by atoms with E-state index in [2.05, 4.69) is 31.8 Å². The Hall–Kier alpha value is -2.54. The van der Waals surface area contributed by atoms with Crippen molar-refractivity contribution in [1.82, 2.24) is 10.7 Å². The average Bonchev–Trinajstić information content (AvgIpc) is 2.58. The normalized spacial score (nSPS) is 11.0. The van der Waals surface area contributed by atoms with Gasteiger partial charge in [0.1, 0.15) is 5.82 Å². The minimum atomic E-state index is -0.529. The van der Waals surface area contributed by atoms with E-state index in [4.69, 9.17) is 0 Å². The number of carbonyl (C=O) groups excluding carboxylic acids is 2. The molecule has 0 saturated heterocycles. The summed E-state index contributed by atoms with van der Waals surface area (Å²) in [6.45, 7) is 1.50. The van der Waals surface area contributed by atoms with Crippen molar-refractivity contribution in [2.45, 2.75) is 6.92 Å². The molecule has 2 N–H and O–H groups in total. The van der Waals surface area contributed by atoms with E-state index in [9.17, 15) is 14.0 Å². The summed E-state index contributed by atoms with van der Waals surface area (Å²) < 4.78 is 14.0. The van der Waals surface area contributed by atoms with Crippen LogP contribution in [-0.2, 0) is 4.79 Å². The zero-order valence-corrected chi connectivity index (χ0v) is 14.4. The third-order valence-electron chi connectivity index (χ3n) is 3.11. The monoisotopic (exact) mass is 391 g/mol. The molecule has 7 heteroatoms. The molecule has 0 atom stereocenters. The van der Waals surface area contributed by atoms with Gasteiger partial charge in [0.05, 0.1) is 12.3 Å². The zero-order valence-electron chi connectivity index (χ0n) is 12.8. The van der Waals surface area contributed by atoms with Gasteiger partial charge in [0.2, 0.25) is 0 Å². The van der Waals surface area contributed by atoms with E-state index in [0.717, 1.165) is 16.1 Å². The van der Waals surface area contributed by atoms with Gasteiger partial charge in [-0.15, -0.1) is 0 Å². The van der Waals surface area contributed by atoms with Crippen molar-refractivity contribution in [3.05, 3.63) is 69.9 Å². The van der Waals surface area contributed by atoms with Gasteiger partial charge in [0, 0.05) is 10.0 Å². The van der Waals surface area contributed by atoms with Crippen LogP contribution in [0.2, 0.25) is 0 Å². The molecule has 124 valence electrons. The van der Waals surface area contributed by atoms with Crippen LogP contribution in [0.3, 0.4) is 0 Å². The summed E-state index contributed by atoms with van der Waals surface area (Å²) in [4.78, 5) is 23.5. The minimum absolute atomic E-state index is 0.150. The number of nitrogens with one attached hydrogen (secondary N) is 2. The molecule has 24 heavy (non-hydrogen) atoms. The molecule has 2 aromatic carbocycles. The van der Waals surface area contributed by atoms with Crippen LogP contribution < -0.4 is 10.7 Å². The van der Waals surface area contributed by atoms with Crippen molar-refractivity contribution >= 4 is 33.5 Å². The van der Waals surface area contributed by atoms with Crippen LogP contribution >= 0.6 is 15.9 Å². The molecule has 0 aliphatic heterocycles. The lowest BCUT2D eigenvalue weighted by Crippen LogP contribution is -2.35. The second kappa shape index (κ2) is 8.35. The molecular weight excluding hydrogens is 377 g/mol. The summed E-state index contributed by atoms with van der Waals surface area (Å²) in [5.74, 6) is -1.52. The molecule has 0 unspecified atom stereocenters. The molecule has 5 nitrogen and oxygen atoms in total. The summed E-state index contributed by atoms with van der Waals surface area (Å²) >= 11 is 3.34. The zero-order chi connectivity index (χ0) is 17.5. The molecule has 0 saturated carbocycles. The topological polar surface area (TPSA) is 70.6 Å². The van der Waals surface area contributed by atoms with Crippen LogP contribution in [0.5, 0.6) is 0 Å². The molecule has 0 fully saturated rings. The third kappa shape index (κ3) is 5.27. The van der Waals surface area contributed by atoms with Gasteiger partial charge in [-0.1, -0.05) is 34.1 Å². The van der Waals surface area contributed by atoms with E-state index < -0.39 is 17.6 Å². The second-order valence-corrected chi connectivity index (χ2v) is 5.85. The van der Waals surface area contributed by atoms with Crippen LogP contribution in [0, 0.1) is 5.82 Å². The van der Waals surface area contributed by atoms with Gasteiger partial charge < -0.3 is 5.32 Å². The Kier molecular flexibility index (Phi) is 6.20. The predicted molar refractivity (Wildman–Crippen MR) is 93.2 cm³/mol. The molecule has 0 radical (unpaired) electrons. The van der Waals surface area contributed by atoms with Crippen LogP contribution in [0.25, 0.3) is 0 Å². The maximum absolute atomic E-state index is 13.0. The van der Waals surface area contributed by atoms with Gasteiger partial charge in [0.25, 0.3) is 11.8 Å². The van der Waals surface area contributed by atoms with Crippen LogP contribution in [-0.4, -0.2) is 24.1 Å². The highest BCUT2D eigenvalue weighted by molar-refractivity contribution is 9.10. The molecule has 0 heterocycles. The SMILES string of the molecule is C/C(=N\NC(=O)CNC(=O)c1cccc(F)c1)c1ccc(Br)cc1. The number of nitrogens with zero attached hydrogens (tertiary/aromatic N) is 1. The first-order valence-electron chi connectivity index (χ1n) is 7.08. The highest BCUT2D eigenvalue weighted by Gasteiger charge is 2.08. The van der Waals surface area contributed by atoms with E-state index in [1.807, 2.05) is 24.3 Å². The third-order valence-corrected chi connectivity index (χ3v) is 3.64. The first kappa shape index (κ1) is 17.8. The molecule has 0 bridgehead atoms. The number of rotatable bonds is 5. The van der Waals surface area contributed by atoms with Gasteiger partial charge in [-0.2, -0.15) is 5.10 Å². The lowest BCUT2D eigenvalue weighted by Gasteiger charge is -2.05. The number of hydrogen-bond acceptors (Lipinski definition) is 3. The first-order valence-corrected chi connectivity index (χ1v) is 7.88. The first-order chi connectivity index (χ1) is 11.5. The van der Waals surface area contributed by atoms with Gasteiger partial charge >= 0.3 is 0 Å². The quantitative estimate of drug-likeness (QED) is 0.607. The van der Waals surface area contributed by atoms with Crippen LogP contribution in [0.1, 0.15) is 22.8 Å². The lowest BCUT2D eigenvalue weighted by atomic mass is 10.1. The van der Waals surface area contributed by atoms with Crippen molar-refractivity contribution < 1.29 is 14.0 Å². The van der Waals surface area contributed by atoms with E-state index >= 15 is 0 Å². The minimum Gasteiger partial charge on any atom is -0.343 e. The number of hydrogen-bond donors (Lipinski definition) is 2. The summed E-state index contributed by atoms with van der Waals surface area (Å²) in [7, 11) is 0. The Labute approximate surface area is 147 Å². The van der Waals surface area contributed by atoms with E-state index in [0.29, 0.717) is 5.71 Å². The van der Waals surface area contributed by atoms with Gasteiger partial charge in [-0.05, 0) is 42.8 Å². The molecular formula is C17H15BrFN3O2. The molecule has 2 rings (SSSR count). The standard InChI is InChI=1S/C17H15BrFN3O2/c1-11(12-5-7-14(18)8-6-12)21-22-16(23)10-20-17(24)13-3-2-4-15(19)9-13/h2-9H,10H2,1H3,(H,20,24)(H,22,23)/b21-11+. The smallest absolute Gasteiger partial charge is 0.259 e. The Morgan fingerprint density at radius 2 is 1.83 bits per heavy atom. The fourth-order valence-corrected chi connectivity index (χ4v) is 2.10. The van der Waals surface area contributed by atoms with E-state index in [-0.39, 0.29) is 12.1 Å². The van der Waals surface area contributed by atoms with E-state index in [1.54, 1.807) is 6.92 Å². The van der Waals surface area contributed by atoms with Crippen molar-refractivity contribution in [1.29, 1.82) is 0 Å². The van der Waals surface area contributed by atoms with E-state index in [1.165, 1.54) is 18.2 Å².